The van der Waals surface area contributed by atoms with E-state index in [4.69, 9.17) is 23.2 Å². The molecule has 1 aromatic carbocycles. The van der Waals surface area contributed by atoms with Gasteiger partial charge in [0.25, 0.3) is 0 Å². The van der Waals surface area contributed by atoms with Crippen molar-refractivity contribution in [2.75, 3.05) is 9.93 Å². The Labute approximate surface area is 101 Å². The van der Waals surface area contributed by atoms with Gasteiger partial charge in [-0.1, -0.05) is 27.5 Å². The van der Waals surface area contributed by atoms with Gasteiger partial charge in [-0.3, -0.25) is 4.72 Å². The van der Waals surface area contributed by atoms with E-state index < -0.39 is 15.2 Å². The van der Waals surface area contributed by atoms with Crippen LogP contribution in [0.2, 0.25) is 5.02 Å². The Morgan fingerprint density at radius 1 is 1.36 bits per heavy atom. The van der Waals surface area contributed by atoms with Gasteiger partial charge in [0.2, 0.25) is 10.0 Å². The van der Waals surface area contributed by atoms with Crippen LogP contribution in [0.1, 0.15) is 0 Å². The van der Waals surface area contributed by atoms with Crippen LogP contribution in [-0.4, -0.2) is 13.6 Å². The minimum absolute atomic E-state index is 0.380. The van der Waals surface area contributed by atoms with Crippen molar-refractivity contribution in [3.8, 4) is 0 Å². The molecule has 0 atom stereocenters. The van der Waals surface area contributed by atoms with Crippen molar-refractivity contribution >= 4 is 54.8 Å². The minimum atomic E-state index is -3.47. The van der Waals surface area contributed by atoms with Crippen molar-refractivity contribution in [3.05, 3.63) is 27.7 Å². The summed E-state index contributed by atoms with van der Waals surface area (Å²) in [7, 11) is -3.47. The molecule has 78 valence electrons. The third kappa shape index (κ3) is 3.65. The Morgan fingerprint density at radius 2 is 2.00 bits per heavy atom. The maximum atomic E-state index is 11.1. The fraction of sp³-hybridized carbons (Fsp3) is 0.143. The zero-order chi connectivity index (χ0) is 10.8. The number of hydrogen-bond donors (Lipinski definition) is 1. The molecule has 0 spiro atoms. The molecule has 0 unspecified atom stereocenters. The zero-order valence-electron chi connectivity index (χ0n) is 6.80. The van der Waals surface area contributed by atoms with Crippen LogP contribution in [0.25, 0.3) is 0 Å². The number of hydrogen-bond acceptors (Lipinski definition) is 2. The summed E-state index contributed by atoms with van der Waals surface area (Å²) in [6.07, 6.45) is 0. The van der Waals surface area contributed by atoms with Gasteiger partial charge < -0.3 is 0 Å². The summed E-state index contributed by atoms with van der Waals surface area (Å²) in [5, 5.41) is -0.0522. The van der Waals surface area contributed by atoms with Crippen LogP contribution < -0.4 is 4.72 Å². The molecule has 3 nitrogen and oxygen atoms in total. The normalized spacial score (nSPS) is 11.4. The standard InChI is InChI=1S/C7H6BrCl2NO2S/c8-5-1-6(10)3-7(2-5)11-14(12,13)4-9/h1-3,11H,4H2. The maximum absolute atomic E-state index is 11.1. The molecule has 0 radical (unpaired) electrons. The summed E-state index contributed by atoms with van der Waals surface area (Å²) >= 11 is 14.1. The van der Waals surface area contributed by atoms with Gasteiger partial charge in [0.05, 0.1) is 5.69 Å². The molecule has 14 heavy (non-hydrogen) atoms. The number of halogens is 3. The number of rotatable bonds is 3. The van der Waals surface area contributed by atoms with Crippen molar-refractivity contribution < 1.29 is 8.42 Å². The van der Waals surface area contributed by atoms with E-state index in [1.54, 1.807) is 12.1 Å². The first-order valence-electron chi connectivity index (χ1n) is 3.45. The molecular weight excluding hydrogens is 313 g/mol. The van der Waals surface area contributed by atoms with E-state index in [1.165, 1.54) is 6.07 Å². The molecule has 0 bridgehead atoms. The molecule has 1 N–H and O–H groups in total. The van der Waals surface area contributed by atoms with Crippen LogP contribution in [0.15, 0.2) is 22.7 Å². The Hall–Kier alpha value is 0.0300. The highest BCUT2D eigenvalue weighted by Gasteiger charge is 2.08. The molecule has 0 amide bonds. The number of benzene rings is 1. The first-order valence-corrected chi connectivity index (χ1v) is 6.81. The Balaban J connectivity index is 2.98. The molecule has 0 aliphatic carbocycles. The lowest BCUT2D eigenvalue weighted by Crippen LogP contribution is -2.13. The number of alkyl halides is 1. The molecule has 0 aromatic heterocycles. The second-order valence-corrected chi connectivity index (χ2v) is 6.14. The predicted octanol–water partition coefficient (Wildman–Crippen LogP) is 3.04. The summed E-state index contributed by atoms with van der Waals surface area (Å²) in [6.45, 7) is 0. The maximum Gasteiger partial charge on any atom is 0.246 e. The van der Waals surface area contributed by atoms with Crippen molar-refractivity contribution in [2.45, 2.75) is 0 Å². The number of nitrogens with one attached hydrogen (secondary N) is 1. The molecule has 0 heterocycles. The van der Waals surface area contributed by atoms with Crippen LogP contribution in [0.4, 0.5) is 5.69 Å². The van der Waals surface area contributed by atoms with Crippen molar-refractivity contribution in [3.63, 3.8) is 0 Å². The first-order chi connectivity index (χ1) is 6.43. The lowest BCUT2D eigenvalue weighted by atomic mass is 10.3. The topological polar surface area (TPSA) is 46.2 Å². The van der Waals surface area contributed by atoms with Gasteiger partial charge in [0, 0.05) is 9.50 Å². The molecule has 0 aliphatic rings. The molecule has 0 fully saturated rings. The van der Waals surface area contributed by atoms with Gasteiger partial charge in [-0.15, -0.1) is 11.6 Å². The lowest BCUT2D eigenvalue weighted by molar-refractivity contribution is 0.605. The summed E-state index contributed by atoms with van der Waals surface area (Å²) in [5.74, 6) is 0. The highest BCUT2D eigenvalue weighted by atomic mass is 79.9. The second-order valence-electron chi connectivity index (χ2n) is 2.48. The van der Waals surface area contributed by atoms with Crippen LogP contribution in [0.5, 0.6) is 0 Å². The zero-order valence-corrected chi connectivity index (χ0v) is 10.7. The Bertz CT molecular complexity index is 415. The van der Waals surface area contributed by atoms with E-state index in [0.29, 0.717) is 15.2 Å². The first kappa shape index (κ1) is 12.1. The summed E-state index contributed by atoms with van der Waals surface area (Å²) < 4.78 is 25.1. The Morgan fingerprint density at radius 3 is 2.50 bits per heavy atom. The van der Waals surface area contributed by atoms with E-state index >= 15 is 0 Å². The Kier molecular flexibility index (Phi) is 4.06. The highest BCUT2D eigenvalue weighted by molar-refractivity contribution is 9.10. The molecule has 7 heteroatoms. The van der Waals surface area contributed by atoms with E-state index in [0.717, 1.165) is 0 Å². The molecule has 1 rings (SSSR count). The number of anilines is 1. The van der Waals surface area contributed by atoms with Gasteiger partial charge in [-0.05, 0) is 18.2 Å². The summed E-state index contributed by atoms with van der Waals surface area (Å²) in [5.41, 5.74) is 0.380. The lowest BCUT2D eigenvalue weighted by Gasteiger charge is -2.05. The van der Waals surface area contributed by atoms with E-state index in [9.17, 15) is 8.42 Å². The van der Waals surface area contributed by atoms with Gasteiger partial charge in [-0.25, -0.2) is 8.42 Å². The quantitative estimate of drug-likeness (QED) is 0.871. The third-order valence-electron chi connectivity index (χ3n) is 1.28. The van der Waals surface area contributed by atoms with Gasteiger partial charge >= 0.3 is 0 Å². The molecular formula is C7H6BrCl2NO2S. The number of sulfonamides is 1. The smallest absolute Gasteiger partial charge is 0.246 e. The predicted molar refractivity (Wildman–Crippen MR) is 62.4 cm³/mol. The largest absolute Gasteiger partial charge is 0.282 e. The van der Waals surface area contributed by atoms with Gasteiger partial charge in [0.1, 0.15) is 5.21 Å². The molecule has 0 saturated carbocycles. The second kappa shape index (κ2) is 4.70. The van der Waals surface area contributed by atoms with Crippen molar-refractivity contribution in [1.29, 1.82) is 0 Å². The average Bonchev–Trinajstić information content (AvgIpc) is 2.01. The van der Waals surface area contributed by atoms with Gasteiger partial charge in [-0.2, -0.15) is 0 Å². The van der Waals surface area contributed by atoms with Gasteiger partial charge in [0.15, 0.2) is 0 Å². The molecule has 0 saturated heterocycles. The van der Waals surface area contributed by atoms with E-state index in [-0.39, 0.29) is 0 Å². The van der Waals surface area contributed by atoms with E-state index in [2.05, 4.69) is 20.7 Å². The van der Waals surface area contributed by atoms with E-state index in [1.807, 2.05) is 0 Å². The fourth-order valence-electron chi connectivity index (χ4n) is 0.820. The van der Waals surface area contributed by atoms with Crippen molar-refractivity contribution in [2.24, 2.45) is 0 Å². The van der Waals surface area contributed by atoms with Crippen molar-refractivity contribution in [1.82, 2.24) is 0 Å². The fourth-order valence-corrected chi connectivity index (χ4v) is 2.37. The summed E-state index contributed by atoms with van der Waals surface area (Å²) in [4.78, 5) is 0. The van der Waals surface area contributed by atoms with Crippen LogP contribution in [0.3, 0.4) is 0 Å². The monoisotopic (exact) mass is 317 g/mol. The third-order valence-corrected chi connectivity index (χ3v) is 3.65. The summed E-state index contributed by atoms with van der Waals surface area (Å²) in [6, 6.07) is 4.74. The van der Waals surface area contributed by atoms with Crippen LogP contribution in [0, 0.1) is 0 Å². The molecule has 0 aliphatic heterocycles. The highest BCUT2D eigenvalue weighted by Crippen LogP contribution is 2.23. The average molecular weight is 319 g/mol. The minimum Gasteiger partial charge on any atom is -0.282 e. The SMILES string of the molecule is O=S(=O)(CCl)Nc1cc(Cl)cc(Br)c1. The molecule has 1 aromatic rings. The van der Waals surface area contributed by atoms with Crippen LogP contribution >= 0.6 is 39.1 Å². The van der Waals surface area contributed by atoms with Crippen LogP contribution in [-0.2, 0) is 10.0 Å².